The first-order valence-corrected chi connectivity index (χ1v) is 4.06. The molecule has 1 aromatic carbocycles. The highest BCUT2D eigenvalue weighted by atomic mass is 35.5. The molecule has 0 radical (unpaired) electrons. The van der Waals surface area contributed by atoms with Crippen molar-refractivity contribution < 1.29 is 9.50 Å². The normalized spacial score (nSPS) is 15.7. The number of benzene rings is 1. The molecular formula is C9H10ClFO. The van der Waals surface area contributed by atoms with Crippen molar-refractivity contribution in [3.8, 4) is 0 Å². The second-order valence-corrected chi connectivity index (χ2v) is 3.13. The molecule has 1 nitrogen and oxygen atoms in total. The van der Waals surface area contributed by atoms with E-state index in [0.717, 1.165) is 0 Å². The van der Waals surface area contributed by atoms with E-state index in [1.807, 2.05) is 0 Å². The van der Waals surface area contributed by atoms with E-state index in [0.29, 0.717) is 10.6 Å². The molecule has 0 saturated carbocycles. The molecule has 0 aliphatic heterocycles. The van der Waals surface area contributed by atoms with E-state index in [1.54, 1.807) is 18.2 Å². The van der Waals surface area contributed by atoms with Gasteiger partial charge in [-0.3, -0.25) is 0 Å². The number of halogens is 2. The molecule has 1 N–H and O–H groups in total. The molecule has 0 heterocycles. The first-order chi connectivity index (χ1) is 5.61. The van der Waals surface area contributed by atoms with Gasteiger partial charge in [0.1, 0.15) is 0 Å². The smallest absolute Gasteiger partial charge is 0.151 e. The van der Waals surface area contributed by atoms with Gasteiger partial charge < -0.3 is 5.11 Å². The molecule has 0 saturated heterocycles. The second-order valence-electron chi connectivity index (χ2n) is 2.70. The number of hydrogen-bond acceptors (Lipinski definition) is 1. The van der Waals surface area contributed by atoms with E-state index in [4.69, 9.17) is 16.7 Å². The summed E-state index contributed by atoms with van der Waals surface area (Å²) in [6.45, 7) is 1.41. The molecule has 0 aromatic heterocycles. The maximum atomic E-state index is 13.1. The molecular weight excluding hydrogens is 179 g/mol. The lowest BCUT2D eigenvalue weighted by Gasteiger charge is -2.10. The fourth-order valence-electron chi connectivity index (χ4n) is 0.957. The van der Waals surface area contributed by atoms with Crippen LogP contribution in [0.1, 0.15) is 18.7 Å². The van der Waals surface area contributed by atoms with Gasteiger partial charge in [0.15, 0.2) is 6.17 Å². The molecule has 1 aromatic rings. The summed E-state index contributed by atoms with van der Waals surface area (Å²) in [7, 11) is 0. The fourth-order valence-corrected chi connectivity index (χ4v) is 1.16. The lowest BCUT2D eigenvalue weighted by Crippen LogP contribution is -2.09. The van der Waals surface area contributed by atoms with Gasteiger partial charge in [-0.05, 0) is 24.6 Å². The van der Waals surface area contributed by atoms with Gasteiger partial charge in [-0.2, -0.15) is 0 Å². The zero-order chi connectivity index (χ0) is 9.14. The summed E-state index contributed by atoms with van der Waals surface area (Å²) in [6, 6.07) is 6.44. The maximum Gasteiger partial charge on any atom is 0.151 e. The minimum absolute atomic E-state index is 0.414. The first-order valence-electron chi connectivity index (χ1n) is 3.69. The Labute approximate surface area is 75.8 Å². The molecule has 0 fully saturated rings. The fraction of sp³-hybridized carbons (Fsp3) is 0.333. The van der Waals surface area contributed by atoms with Gasteiger partial charge in [0.2, 0.25) is 0 Å². The van der Waals surface area contributed by atoms with Crippen molar-refractivity contribution >= 4 is 11.6 Å². The van der Waals surface area contributed by atoms with Crippen molar-refractivity contribution in [2.75, 3.05) is 0 Å². The van der Waals surface area contributed by atoms with Crippen LogP contribution in [0.4, 0.5) is 4.39 Å². The van der Waals surface area contributed by atoms with Crippen LogP contribution in [-0.2, 0) is 0 Å². The molecule has 0 aliphatic rings. The van der Waals surface area contributed by atoms with Crippen molar-refractivity contribution in [1.29, 1.82) is 0 Å². The van der Waals surface area contributed by atoms with Gasteiger partial charge >= 0.3 is 0 Å². The summed E-state index contributed by atoms with van der Waals surface area (Å²) < 4.78 is 13.1. The van der Waals surface area contributed by atoms with E-state index in [-0.39, 0.29) is 0 Å². The van der Waals surface area contributed by atoms with Crippen molar-refractivity contribution in [2.45, 2.75) is 19.2 Å². The second kappa shape index (κ2) is 3.87. The first kappa shape index (κ1) is 9.49. The van der Waals surface area contributed by atoms with Crippen LogP contribution in [0.25, 0.3) is 0 Å². The SMILES string of the molecule is CC(O)C(F)c1cccc(Cl)c1. The standard InChI is InChI=1S/C9H10ClFO/c1-6(12)9(11)7-3-2-4-8(10)5-7/h2-6,9,12H,1H3. The number of aliphatic hydroxyl groups is 1. The average molecular weight is 189 g/mol. The number of alkyl halides is 1. The van der Waals surface area contributed by atoms with Crippen molar-refractivity contribution in [3.63, 3.8) is 0 Å². The minimum Gasteiger partial charge on any atom is -0.390 e. The molecule has 12 heavy (non-hydrogen) atoms. The van der Waals surface area contributed by atoms with Crippen molar-refractivity contribution in [2.24, 2.45) is 0 Å². The van der Waals surface area contributed by atoms with Gasteiger partial charge in [-0.15, -0.1) is 0 Å². The monoisotopic (exact) mass is 188 g/mol. The van der Waals surface area contributed by atoms with Crippen LogP contribution >= 0.6 is 11.6 Å². The van der Waals surface area contributed by atoms with Gasteiger partial charge in [-0.1, -0.05) is 23.7 Å². The summed E-state index contributed by atoms with van der Waals surface area (Å²) in [5, 5.41) is 9.43. The van der Waals surface area contributed by atoms with E-state index < -0.39 is 12.3 Å². The van der Waals surface area contributed by atoms with E-state index in [1.165, 1.54) is 13.0 Å². The quantitative estimate of drug-likeness (QED) is 0.757. The van der Waals surface area contributed by atoms with Crippen LogP contribution in [0.3, 0.4) is 0 Å². The Morgan fingerprint density at radius 2 is 2.17 bits per heavy atom. The van der Waals surface area contributed by atoms with Crippen LogP contribution in [-0.4, -0.2) is 11.2 Å². The molecule has 0 bridgehead atoms. The molecule has 3 heteroatoms. The number of rotatable bonds is 2. The molecule has 0 amide bonds. The summed E-state index contributed by atoms with van der Waals surface area (Å²) in [5.74, 6) is 0. The topological polar surface area (TPSA) is 20.2 Å². The summed E-state index contributed by atoms with van der Waals surface area (Å²) >= 11 is 5.65. The largest absolute Gasteiger partial charge is 0.390 e. The average Bonchev–Trinajstić information content (AvgIpc) is 2.03. The number of aliphatic hydroxyl groups excluding tert-OH is 1. The molecule has 66 valence electrons. The predicted molar refractivity (Wildman–Crippen MR) is 47.0 cm³/mol. The molecule has 2 atom stereocenters. The van der Waals surface area contributed by atoms with E-state index in [9.17, 15) is 4.39 Å². The third-order valence-corrected chi connectivity index (χ3v) is 1.83. The van der Waals surface area contributed by atoms with Gasteiger partial charge in [0.25, 0.3) is 0 Å². The minimum atomic E-state index is -1.36. The van der Waals surface area contributed by atoms with Crippen LogP contribution in [0.15, 0.2) is 24.3 Å². The van der Waals surface area contributed by atoms with Gasteiger partial charge in [0, 0.05) is 5.02 Å². The molecule has 1 rings (SSSR count). The summed E-state index contributed by atoms with van der Waals surface area (Å²) in [5.41, 5.74) is 0.414. The highest BCUT2D eigenvalue weighted by molar-refractivity contribution is 6.30. The Kier molecular flexibility index (Phi) is 3.06. The lowest BCUT2D eigenvalue weighted by molar-refractivity contribution is 0.0933. The molecule has 2 unspecified atom stereocenters. The lowest BCUT2D eigenvalue weighted by atomic mass is 10.1. The third kappa shape index (κ3) is 2.19. The zero-order valence-electron chi connectivity index (χ0n) is 6.67. The van der Waals surface area contributed by atoms with Crippen LogP contribution < -0.4 is 0 Å². The van der Waals surface area contributed by atoms with Crippen molar-refractivity contribution in [3.05, 3.63) is 34.9 Å². The molecule has 0 spiro atoms. The highest BCUT2D eigenvalue weighted by Gasteiger charge is 2.15. The van der Waals surface area contributed by atoms with Crippen molar-refractivity contribution in [1.82, 2.24) is 0 Å². The van der Waals surface area contributed by atoms with Crippen LogP contribution in [0.2, 0.25) is 5.02 Å². The Balaban J connectivity index is 2.88. The Bertz CT molecular complexity index is 262. The van der Waals surface area contributed by atoms with Crippen LogP contribution in [0.5, 0.6) is 0 Å². The van der Waals surface area contributed by atoms with E-state index >= 15 is 0 Å². The number of hydrogen-bond donors (Lipinski definition) is 1. The Hall–Kier alpha value is -0.600. The van der Waals surface area contributed by atoms with Crippen LogP contribution in [0, 0.1) is 0 Å². The molecule has 0 aliphatic carbocycles. The maximum absolute atomic E-state index is 13.1. The van der Waals surface area contributed by atoms with Gasteiger partial charge in [-0.25, -0.2) is 4.39 Å². The highest BCUT2D eigenvalue weighted by Crippen LogP contribution is 2.23. The zero-order valence-corrected chi connectivity index (χ0v) is 7.42. The summed E-state index contributed by atoms with van der Waals surface area (Å²) in [6.07, 6.45) is -2.35. The Morgan fingerprint density at radius 3 is 2.67 bits per heavy atom. The predicted octanol–water partition coefficient (Wildman–Crippen LogP) is 2.73. The van der Waals surface area contributed by atoms with Gasteiger partial charge in [0.05, 0.1) is 6.10 Å². The summed E-state index contributed by atoms with van der Waals surface area (Å²) in [4.78, 5) is 0. The van der Waals surface area contributed by atoms with E-state index in [2.05, 4.69) is 0 Å². The third-order valence-electron chi connectivity index (χ3n) is 1.59. The Morgan fingerprint density at radius 1 is 1.50 bits per heavy atom.